The summed E-state index contributed by atoms with van der Waals surface area (Å²) in [7, 11) is 0. The van der Waals surface area contributed by atoms with Crippen molar-refractivity contribution >= 4 is 5.97 Å². The first-order valence-electron chi connectivity index (χ1n) is 14.5. The van der Waals surface area contributed by atoms with Gasteiger partial charge in [0, 0.05) is 0 Å². The van der Waals surface area contributed by atoms with E-state index in [1.807, 2.05) is 6.07 Å². The molecule has 0 fully saturated rings. The van der Waals surface area contributed by atoms with Crippen LogP contribution in [-0.2, 0) is 12.8 Å². The van der Waals surface area contributed by atoms with E-state index in [1.54, 1.807) is 6.07 Å². The van der Waals surface area contributed by atoms with Gasteiger partial charge in [-0.05, 0) is 42.9 Å². The van der Waals surface area contributed by atoms with Crippen LogP contribution in [0.3, 0.4) is 0 Å². The molecule has 2 heteroatoms. The maximum atomic E-state index is 11.8. The van der Waals surface area contributed by atoms with Gasteiger partial charge < -0.3 is 5.11 Å². The number of aromatic carboxylic acids is 1. The average Bonchev–Trinajstić information content (AvgIpc) is 2.81. The van der Waals surface area contributed by atoms with E-state index in [2.05, 4.69) is 19.9 Å². The van der Waals surface area contributed by atoms with E-state index in [-0.39, 0.29) is 0 Å². The fraction of sp³-hybridized carbons (Fsp3) is 0.774. The highest BCUT2D eigenvalue weighted by Gasteiger charge is 2.13. The lowest BCUT2D eigenvalue weighted by atomic mass is 9.92. The van der Waals surface area contributed by atoms with Crippen molar-refractivity contribution in [3.63, 3.8) is 0 Å². The molecule has 0 unspecified atom stereocenters. The summed E-state index contributed by atoms with van der Waals surface area (Å²) < 4.78 is 0. The number of hydrogen-bond acceptors (Lipinski definition) is 1. The topological polar surface area (TPSA) is 37.3 Å². The number of hydrogen-bond donors (Lipinski definition) is 1. The maximum absolute atomic E-state index is 11.8. The molecule has 0 aromatic heterocycles. The lowest BCUT2D eigenvalue weighted by Crippen LogP contribution is -2.06. The quantitative estimate of drug-likeness (QED) is 0.166. The lowest BCUT2D eigenvalue weighted by Gasteiger charge is -2.13. The van der Waals surface area contributed by atoms with Crippen molar-refractivity contribution in [3.05, 3.63) is 34.9 Å². The summed E-state index contributed by atoms with van der Waals surface area (Å²) in [6.45, 7) is 4.54. The molecule has 0 spiro atoms. The third-order valence-corrected chi connectivity index (χ3v) is 7.08. The van der Waals surface area contributed by atoms with E-state index in [4.69, 9.17) is 0 Å². The summed E-state index contributed by atoms with van der Waals surface area (Å²) in [5.74, 6) is -0.762. The van der Waals surface area contributed by atoms with Gasteiger partial charge in [-0.2, -0.15) is 0 Å². The second kappa shape index (κ2) is 21.2. The van der Waals surface area contributed by atoms with E-state index in [0.29, 0.717) is 5.56 Å². The maximum Gasteiger partial charge on any atom is 0.335 e. The summed E-state index contributed by atoms with van der Waals surface area (Å²) in [6.07, 6.45) is 28.5. The lowest BCUT2D eigenvalue weighted by molar-refractivity contribution is 0.0695. The van der Waals surface area contributed by atoms with Gasteiger partial charge in [0.15, 0.2) is 0 Å². The molecule has 0 radical (unpaired) electrons. The van der Waals surface area contributed by atoms with Crippen LogP contribution in [0.5, 0.6) is 0 Å². The zero-order valence-electron chi connectivity index (χ0n) is 22.1. The largest absolute Gasteiger partial charge is 0.478 e. The van der Waals surface area contributed by atoms with Crippen LogP contribution in [0.25, 0.3) is 0 Å². The number of carboxylic acid groups (broad SMARTS) is 1. The number of aryl methyl sites for hydroxylation is 1. The summed E-state index contributed by atoms with van der Waals surface area (Å²) in [6, 6.07) is 5.92. The highest BCUT2D eigenvalue weighted by Crippen LogP contribution is 2.22. The van der Waals surface area contributed by atoms with Crippen molar-refractivity contribution < 1.29 is 9.90 Å². The summed E-state index contributed by atoms with van der Waals surface area (Å²) in [4.78, 5) is 11.8. The number of rotatable bonds is 23. The Morgan fingerprint density at radius 3 is 1.39 bits per heavy atom. The van der Waals surface area contributed by atoms with E-state index < -0.39 is 5.97 Å². The molecule has 0 aliphatic rings. The molecule has 0 heterocycles. The number of unbranched alkanes of at least 4 members (excludes halogenated alkanes) is 18. The van der Waals surface area contributed by atoms with Crippen LogP contribution < -0.4 is 0 Å². The van der Waals surface area contributed by atoms with Gasteiger partial charge in [-0.3, -0.25) is 0 Å². The summed E-state index contributed by atoms with van der Waals surface area (Å²) >= 11 is 0. The Bertz CT molecular complexity index is 593. The smallest absolute Gasteiger partial charge is 0.335 e. The van der Waals surface area contributed by atoms with Gasteiger partial charge in [0.25, 0.3) is 0 Å². The Morgan fingerprint density at radius 2 is 0.970 bits per heavy atom. The average molecular weight is 459 g/mol. The highest BCUT2D eigenvalue weighted by atomic mass is 16.4. The fourth-order valence-corrected chi connectivity index (χ4v) is 4.96. The normalized spacial score (nSPS) is 11.2. The Labute approximate surface area is 206 Å². The molecule has 1 aromatic rings. The molecule has 0 bridgehead atoms. The van der Waals surface area contributed by atoms with Crippen molar-refractivity contribution in [2.45, 2.75) is 155 Å². The Hall–Kier alpha value is -1.31. The second-order valence-corrected chi connectivity index (χ2v) is 10.1. The Balaban J connectivity index is 2.28. The SMILES string of the molecule is CCCCCCCCCCCCc1cccc(C(=O)O)c1CCCCCCCCCCCC. The first-order chi connectivity index (χ1) is 16.2. The molecule has 0 atom stereocenters. The molecule has 1 rings (SSSR count). The summed E-state index contributed by atoms with van der Waals surface area (Å²) in [5, 5.41) is 9.70. The van der Waals surface area contributed by atoms with Crippen LogP contribution in [0.15, 0.2) is 18.2 Å². The molecule has 0 aliphatic carbocycles. The third-order valence-electron chi connectivity index (χ3n) is 7.08. The predicted octanol–water partition coefficient (Wildman–Crippen LogP) is 10.3. The van der Waals surface area contributed by atoms with Crippen LogP contribution in [0.1, 0.15) is 164 Å². The van der Waals surface area contributed by atoms with Crippen LogP contribution in [0.2, 0.25) is 0 Å². The van der Waals surface area contributed by atoms with Crippen LogP contribution in [0.4, 0.5) is 0 Å². The molecule has 33 heavy (non-hydrogen) atoms. The van der Waals surface area contributed by atoms with Crippen molar-refractivity contribution in [2.75, 3.05) is 0 Å². The molecule has 2 nitrogen and oxygen atoms in total. The molecular weight excluding hydrogens is 404 g/mol. The molecule has 1 aromatic carbocycles. The van der Waals surface area contributed by atoms with Crippen molar-refractivity contribution in [1.29, 1.82) is 0 Å². The first kappa shape index (κ1) is 29.7. The molecular formula is C31H54O2. The monoisotopic (exact) mass is 458 g/mol. The Kier molecular flexibility index (Phi) is 19.1. The van der Waals surface area contributed by atoms with Crippen molar-refractivity contribution in [2.24, 2.45) is 0 Å². The van der Waals surface area contributed by atoms with E-state index in [1.165, 1.54) is 128 Å². The predicted molar refractivity (Wildman–Crippen MR) is 144 cm³/mol. The standard InChI is InChI=1S/C31H54O2/c1-3-5-7-9-11-13-15-17-19-21-24-28-25-23-27-30(31(32)33)29(28)26-22-20-18-16-14-12-10-8-6-4-2/h23,25,27H,3-22,24,26H2,1-2H3,(H,32,33). The van der Waals surface area contributed by atoms with E-state index in [9.17, 15) is 9.90 Å². The van der Waals surface area contributed by atoms with Gasteiger partial charge in [0.2, 0.25) is 0 Å². The molecule has 0 amide bonds. The van der Waals surface area contributed by atoms with Crippen LogP contribution in [0, 0.1) is 0 Å². The van der Waals surface area contributed by atoms with E-state index in [0.717, 1.165) is 24.8 Å². The number of carbonyl (C=O) groups is 1. The molecule has 0 saturated heterocycles. The van der Waals surface area contributed by atoms with E-state index >= 15 is 0 Å². The van der Waals surface area contributed by atoms with Gasteiger partial charge >= 0.3 is 5.97 Å². The zero-order valence-corrected chi connectivity index (χ0v) is 22.1. The second-order valence-electron chi connectivity index (χ2n) is 10.1. The summed E-state index contributed by atoms with van der Waals surface area (Å²) in [5.41, 5.74) is 2.93. The number of carboxylic acids is 1. The minimum atomic E-state index is -0.762. The minimum absolute atomic E-state index is 0.538. The van der Waals surface area contributed by atoms with Crippen LogP contribution in [-0.4, -0.2) is 11.1 Å². The Morgan fingerprint density at radius 1 is 0.576 bits per heavy atom. The van der Waals surface area contributed by atoms with Crippen molar-refractivity contribution in [3.8, 4) is 0 Å². The fourth-order valence-electron chi connectivity index (χ4n) is 4.96. The van der Waals surface area contributed by atoms with Crippen molar-refractivity contribution in [1.82, 2.24) is 0 Å². The number of benzene rings is 1. The van der Waals surface area contributed by atoms with Crippen LogP contribution >= 0.6 is 0 Å². The highest BCUT2D eigenvalue weighted by molar-refractivity contribution is 5.89. The molecule has 190 valence electrons. The van der Waals surface area contributed by atoms with Gasteiger partial charge in [-0.1, -0.05) is 142 Å². The first-order valence-corrected chi connectivity index (χ1v) is 14.5. The molecule has 0 aliphatic heterocycles. The third kappa shape index (κ3) is 15.3. The van der Waals surface area contributed by atoms with Gasteiger partial charge in [0.1, 0.15) is 0 Å². The zero-order chi connectivity index (χ0) is 24.0. The van der Waals surface area contributed by atoms with Gasteiger partial charge in [-0.15, -0.1) is 0 Å². The minimum Gasteiger partial charge on any atom is -0.478 e. The van der Waals surface area contributed by atoms with Gasteiger partial charge in [0.05, 0.1) is 5.56 Å². The molecule has 0 saturated carbocycles. The van der Waals surface area contributed by atoms with Gasteiger partial charge in [-0.25, -0.2) is 4.79 Å². The molecule has 1 N–H and O–H groups in total.